The van der Waals surface area contributed by atoms with Crippen LogP contribution in [0.5, 0.6) is 0 Å². The van der Waals surface area contributed by atoms with Crippen LogP contribution in [0.4, 0.5) is 13.2 Å². The molecule has 0 N–H and O–H groups in total. The first-order chi connectivity index (χ1) is 15.2. The first kappa shape index (κ1) is 25.5. The van der Waals surface area contributed by atoms with Crippen LogP contribution in [-0.2, 0) is 25.9 Å². The predicted molar refractivity (Wildman–Crippen MR) is 117 cm³/mol. The summed E-state index contributed by atoms with van der Waals surface area (Å²) in [5.74, 6) is -1.05. The summed E-state index contributed by atoms with van der Waals surface area (Å²) in [6.45, 7) is 0.484. The normalized spacial score (nSPS) is 16.1. The summed E-state index contributed by atoms with van der Waals surface area (Å²) in [6.07, 6.45) is -2.91. The monoisotopic (exact) mass is 523 g/mol. The number of carbonyl (C=O) groups is 1. The van der Waals surface area contributed by atoms with Gasteiger partial charge in [0.1, 0.15) is 0 Å². The first-order valence-corrected chi connectivity index (χ1v) is 13.8. The number of nitrogens with zero attached hydrogens (tertiary/aromatic N) is 1. The third kappa shape index (κ3) is 6.07. The van der Waals surface area contributed by atoms with Gasteiger partial charge >= 0.3 is 6.18 Å². The summed E-state index contributed by atoms with van der Waals surface area (Å²) in [5, 5.41) is -0.00262. The molecule has 0 spiro atoms. The van der Waals surface area contributed by atoms with Crippen molar-refractivity contribution in [2.24, 2.45) is 5.92 Å². The maximum atomic E-state index is 12.9. The molecule has 0 radical (unpaired) electrons. The molecule has 1 aliphatic rings. The molecule has 3 rings (SSSR count). The van der Waals surface area contributed by atoms with Crippen molar-refractivity contribution in [2.45, 2.75) is 28.8 Å². The van der Waals surface area contributed by atoms with Gasteiger partial charge in [-0.15, -0.1) is 0 Å². The number of piperidine rings is 1. The second-order valence-electron chi connectivity index (χ2n) is 7.96. The van der Waals surface area contributed by atoms with Gasteiger partial charge in [0.05, 0.1) is 31.7 Å². The Labute approximate surface area is 195 Å². The molecule has 0 aromatic heterocycles. The molecule has 0 unspecified atom stereocenters. The van der Waals surface area contributed by atoms with Gasteiger partial charge in [0.2, 0.25) is 0 Å². The lowest BCUT2D eigenvalue weighted by molar-refractivity contribution is -0.137. The van der Waals surface area contributed by atoms with Crippen molar-refractivity contribution >= 4 is 37.2 Å². The highest BCUT2D eigenvalue weighted by Gasteiger charge is 2.33. The first-order valence-electron chi connectivity index (χ1n) is 9.87. The van der Waals surface area contributed by atoms with Crippen LogP contribution in [0.15, 0.2) is 52.3 Å². The summed E-state index contributed by atoms with van der Waals surface area (Å²) in [4.78, 5) is 13.9. The lowest BCUT2D eigenvalue weighted by atomic mass is 9.98. The van der Waals surface area contributed by atoms with Crippen molar-refractivity contribution in [1.29, 1.82) is 0 Å². The molecule has 1 saturated heterocycles. The van der Waals surface area contributed by atoms with Crippen molar-refractivity contribution in [3.8, 4) is 0 Å². The van der Waals surface area contributed by atoms with Crippen molar-refractivity contribution in [3.63, 3.8) is 0 Å². The van der Waals surface area contributed by atoms with E-state index >= 15 is 0 Å². The molecule has 12 heteroatoms. The summed E-state index contributed by atoms with van der Waals surface area (Å²) >= 11 is 6.11. The molecular weight excluding hydrogens is 503 g/mol. The lowest BCUT2D eigenvalue weighted by Gasteiger charge is -2.32. The van der Waals surface area contributed by atoms with Gasteiger partial charge in [-0.3, -0.25) is 4.79 Å². The summed E-state index contributed by atoms with van der Waals surface area (Å²) in [6, 6.07) is 7.50. The second kappa shape index (κ2) is 9.27. The minimum absolute atomic E-state index is 0.00262. The van der Waals surface area contributed by atoms with Gasteiger partial charge < -0.3 is 4.90 Å². The van der Waals surface area contributed by atoms with Gasteiger partial charge in [-0.2, -0.15) is 13.2 Å². The summed E-state index contributed by atoms with van der Waals surface area (Å²) in [5.41, 5.74) is -0.887. The van der Waals surface area contributed by atoms with Crippen LogP contribution in [0.3, 0.4) is 0 Å². The van der Waals surface area contributed by atoms with Crippen molar-refractivity contribution in [1.82, 2.24) is 4.90 Å². The predicted octanol–water partition coefficient (Wildman–Crippen LogP) is 4.09. The summed E-state index contributed by atoms with van der Waals surface area (Å²) < 4.78 is 87.3. The standard InChI is InChI=1S/C21H21ClF3NO5S2/c1-32(28,29)16-5-6-18(19(22)12-16)20(27)26-9-7-14(8-10-26)13-33(30,31)17-4-2-3-15(11-17)21(23,24)25/h2-6,11-12,14H,7-10,13H2,1H3. The molecule has 1 amide bonds. The fourth-order valence-electron chi connectivity index (χ4n) is 3.65. The average molecular weight is 524 g/mol. The second-order valence-corrected chi connectivity index (χ2v) is 12.4. The van der Waals surface area contributed by atoms with E-state index in [1.54, 1.807) is 0 Å². The van der Waals surface area contributed by atoms with Gasteiger partial charge in [0.15, 0.2) is 19.7 Å². The number of sulfone groups is 2. The maximum absolute atomic E-state index is 12.9. The van der Waals surface area contributed by atoms with Gasteiger partial charge in [-0.05, 0) is 55.2 Å². The van der Waals surface area contributed by atoms with E-state index in [4.69, 9.17) is 11.6 Å². The van der Waals surface area contributed by atoms with Gasteiger partial charge in [-0.25, -0.2) is 16.8 Å². The number of alkyl halides is 3. The SMILES string of the molecule is CS(=O)(=O)c1ccc(C(=O)N2CCC(CS(=O)(=O)c3cccc(C(F)(F)F)c3)CC2)c(Cl)c1. The Morgan fingerprint density at radius 3 is 2.21 bits per heavy atom. The van der Waals surface area contributed by atoms with Crippen LogP contribution in [0.2, 0.25) is 5.02 Å². The maximum Gasteiger partial charge on any atom is 0.416 e. The number of hydrogen-bond acceptors (Lipinski definition) is 5. The van der Waals surface area contributed by atoms with Crippen molar-refractivity contribution in [2.75, 3.05) is 25.1 Å². The van der Waals surface area contributed by atoms with E-state index in [-0.39, 0.29) is 45.1 Å². The molecule has 1 aliphatic heterocycles. The van der Waals surface area contributed by atoms with Gasteiger partial charge in [0.25, 0.3) is 5.91 Å². The molecule has 0 aliphatic carbocycles. The van der Waals surface area contributed by atoms with Crippen LogP contribution >= 0.6 is 11.6 Å². The number of carbonyl (C=O) groups excluding carboxylic acids is 1. The fourth-order valence-corrected chi connectivity index (χ4v) is 6.36. The van der Waals surface area contributed by atoms with Crippen molar-refractivity contribution in [3.05, 3.63) is 58.6 Å². The minimum Gasteiger partial charge on any atom is -0.339 e. The Hall–Kier alpha value is -2.11. The quantitative estimate of drug-likeness (QED) is 0.589. The highest BCUT2D eigenvalue weighted by Crippen LogP contribution is 2.32. The number of likely N-dealkylation sites (tertiary alicyclic amines) is 1. The highest BCUT2D eigenvalue weighted by molar-refractivity contribution is 7.91. The van der Waals surface area contributed by atoms with Crippen LogP contribution in [-0.4, -0.2) is 52.7 Å². The molecule has 2 aromatic rings. The fraction of sp³-hybridized carbons (Fsp3) is 0.381. The zero-order valence-electron chi connectivity index (χ0n) is 17.5. The highest BCUT2D eigenvalue weighted by atomic mass is 35.5. The van der Waals surface area contributed by atoms with E-state index in [0.717, 1.165) is 24.5 Å². The molecule has 33 heavy (non-hydrogen) atoms. The van der Waals surface area contributed by atoms with Crippen LogP contribution < -0.4 is 0 Å². The topological polar surface area (TPSA) is 88.6 Å². The van der Waals surface area contributed by atoms with E-state index in [9.17, 15) is 34.8 Å². The molecule has 0 saturated carbocycles. The van der Waals surface area contributed by atoms with E-state index in [1.165, 1.54) is 23.1 Å². The van der Waals surface area contributed by atoms with Crippen LogP contribution in [0, 0.1) is 5.92 Å². The van der Waals surface area contributed by atoms with E-state index in [0.29, 0.717) is 18.9 Å². The van der Waals surface area contributed by atoms with Crippen LogP contribution in [0.25, 0.3) is 0 Å². The third-order valence-electron chi connectivity index (χ3n) is 5.48. The molecule has 0 bridgehead atoms. The van der Waals surface area contributed by atoms with Crippen LogP contribution in [0.1, 0.15) is 28.8 Å². The number of benzene rings is 2. The minimum atomic E-state index is -4.64. The molecular formula is C21H21ClF3NO5S2. The number of amides is 1. The molecule has 1 heterocycles. The zero-order valence-corrected chi connectivity index (χ0v) is 19.9. The van der Waals surface area contributed by atoms with Crippen molar-refractivity contribution < 1.29 is 34.8 Å². The number of hydrogen-bond donors (Lipinski definition) is 0. The Morgan fingerprint density at radius 1 is 1.03 bits per heavy atom. The molecule has 180 valence electrons. The Balaban J connectivity index is 1.66. The Kier molecular flexibility index (Phi) is 7.16. The molecule has 6 nitrogen and oxygen atoms in total. The van der Waals surface area contributed by atoms with Gasteiger partial charge in [-0.1, -0.05) is 17.7 Å². The van der Waals surface area contributed by atoms with E-state index < -0.39 is 37.3 Å². The van der Waals surface area contributed by atoms with Gasteiger partial charge in [0, 0.05) is 19.3 Å². The third-order valence-corrected chi connectivity index (χ3v) is 8.78. The van der Waals surface area contributed by atoms with E-state index in [2.05, 4.69) is 0 Å². The Bertz CT molecular complexity index is 1270. The molecule has 1 fully saturated rings. The number of rotatable bonds is 5. The smallest absolute Gasteiger partial charge is 0.339 e. The molecule has 0 atom stereocenters. The molecule has 2 aromatic carbocycles. The lowest BCUT2D eigenvalue weighted by Crippen LogP contribution is -2.40. The average Bonchev–Trinajstić information content (AvgIpc) is 2.72. The summed E-state index contributed by atoms with van der Waals surface area (Å²) in [7, 11) is -7.42. The van der Waals surface area contributed by atoms with E-state index in [1.807, 2.05) is 0 Å². The number of halogens is 4. The Morgan fingerprint density at radius 2 is 1.67 bits per heavy atom. The largest absolute Gasteiger partial charge is 0.416 e. The zero-order chi connectivity index (χ0) is 24.6.